The van der Waals surface area contributed by atoms with Crippen molar-refractivity contribution >= 4 is 29.0 Å². The number of hydrogen-bond acceptors (Lipinski definition) is 5. The molecule has 0 unspecified atom stereocenters. The minimum absolute atomic E-state index is 0.0732. The van der Waals surface area contributed by atoms with Crippen LogP contribution in [0.3, 0.4) is 0 Å². The second-order valence-corrected chi connectivity index (χ2v) is 7.73. The molecular formula is C19H21N3O2S2. The van der Waals surface area contributed by atoms with Gasteiger partial charge in [0.05, 0.1) is 18.3 Å². The molecule has 0 aliphatic heterocycles. The number of nitrogens with one attached hydrogen (secondary N) is 1. The summed E-state index contributed by atoms with van der Waals surface area (Å²) in [5, 5.41) is 13.2. The number of hydrogen-bond donors (Lipinski definition) is 2. The molecular weight excluding hydrogens is 366 g/mol. The molecule has 2 aromatic heterocycles. The Bertz CT molecular complexity index is 832. The highest BCUT2D eigenvalue weighted by Gasteiger charge is 2.22. The fraction of sp³-hybridized carbons (Fsp3) is 0.263. The number of carbonyl (C=O) groups is 1. The zero-order chi connectivity index (χ0) is 18.4. The van der Waals surface area contributed by atoms with Crippen LogP contribution in [0.5, 0.6) is 0 Å². The van der Waals surface area contributed by atoms with Crippen molar-refractivity contribution in [2.75, 3.05) is 18.6 Å². The Kier molecular flexibility index (Phi) is 6.49. The predicted molar refractivity (Wildman–Crippen MR) is 108 cm³/mol. The van der Waals surface area contributed by atoms with Gasteiger partial charge in [0, 0.05) is 18.0 Å². The van der Waals surface area contributed by atoms with E-state index in [-0.39, 0.29) is 18.6 Å². The molecule has 136 valence electrons. The number of carbonyl (C=O) groups excluding carboxylic acids is 1. The number of thioether (sulfide) groups is 1. The molecule has 0 fully saturated rings. The first-order chi connectivity index (χ1) is 12.7. The van der Waals surface area contributed by atoms with Crippen molar-refractivity contribution < 1.29 is 9.90 Å². The smallest absolute Gasteiger partial charge is 0.264 e. The molecule has 0 saturated carbocycles. The van der Waals surface area contributed by atoms with Gasteiger partial charge in [-0.15, -0.1) is 0 Å². The molecule has 0 aliphatic carbocycles. The number of benzene rings is 1. The average molecular weight is 388 g/mol. The molecule has 0 saturated heterocycles. The van der Waals surface area contributed by atoms with E-state index in [4.69, 9.17) is 4.98 Å². The number of aliphatic hydroxyl groups is 1. The maximum atomic E-state index is 12.9. The Morgan fingerprint density at radius 2 is 2.00 bits per heavy atom. The van der Waals surface area contributed by atoms with Crippen LogP contribution in [0.4, 0.5) is 0 Å². The number of thiazole rings is 1. The van der Waals surface area contributed by atoms with E-state index in [0.29, 0.717) is 10.6 Å². The van der Waals surface area contributed by atoms with Gasteiger partial charge in [-0.3, -0.25) is 4.79 Å². The molecule has 3 rings (SSSR count). The molecule has 0 spiro atoms. The van der Waals surface area contributed by atoms with Gasteiger partial charge in [0.1, 0.15) is 4.88 Å². The molecule has 0 radical (unpaired) electrons. The topological polar surface area (TPSA) is 67.2 Å². The highest BCUT2D eigenvalue weighted by Crippen LogP contribution is 2.30. The first kappa shape index (κ1) is 18.7. The second kappa shape index (κ2) is 9.02. The lowest BCUT2D eigenvalue weighted by Gasteiger charge is -2.15. The summed E-state index contributed by atoms with van der Waals surface area (Å²) in [6.07, 6.45) is 6.55. The minimum Gasteiger partial charge on any atom is -0.394 e. The van der Waals surface area contributed by atoms with Crippen LogP contribution in [0.2, 0.25) is 0 Å². The van der Waals surface area contributed by atoms with Crippen molar-refractivity contribution in [3.8, 4) is 16.4 Å². The SMILES string of the molecule is CSCC[C@H](CO)NC(=O)c1sc(-n2cccc2)nc1-c1ccccc1. The Morgan fingerprint density at radius 3 is 2.65 bits per heavy atom. The van der Waals surface area contributed by atoms with Gasteiger partial charge in [0.15, 0.2) is 5.13 Å². The highest BCUT2D eigenvalue weighted by molar-refractivity contribution is 7.98. The summed E-state index contributed by atoms with van der Waals surface area (Å²) in [5.74, 6) is 0.689. The summed E-state index contributed by atoms with van der Waals surface area (Å²) < 4.78 is 1.89. The molecule has 3 aromatic rings. The van der Waals surface area contributed by atoms with Gasteiger partial charge in [0.25, 0.3) is 5.91 Å². The van der Waals surface area contributed by atoms with Crippen molar-refractivity contribution in [2.45, 2.75) is 12.5 Å². The van der Waals surface area contributed by atoms with Gasteiger partial charge in [-0.25, -0.2) is 4.98 Å². The summed E-state index contributed by atoms with van der Waals surface area (Å²) in [7, 11) is 0. The summed E-state index contributed by atoms with van der Waals surface area (Å²) in [6, 6.07) is 13.3. The molecule has 0 aliphatic rings. The van der Waals surface area contributed by atoms with Gasteiger partial charge in [-0.05, 0) is 30.6 Å². The molecule has 1 atom stereocenters. The number of amides is 1. The summed E-state index contributed by atoms with van der Waals surface area (Å²) >= 11 is 3.04. The molecule has 7 heteroatoms. The van der Waals surface area contributed by atoms with Gasteiger partial charge in [-0.1, -0.05) is 41.7 Å². The normalized spacial score (nSPS) is 12.1. The highest BCUT2D eigenvalue weighted by atomic mass is 32.2. The van der Waals surface area contributed by atoms with E-state index < -0.39 is 0 Å². The lowest BCUT2D eigenvalue weighted by molar-refractivity contribution is 0.0920. The molecule has 5 nitrogen and oxygen atoms in total. The van der Waals surface area contributed by atoms with Crippen LogP contribution in [0.25, 0.3) is 16.4 Å². The quantitative estimate of drug-likeness (QED) is 0.621. The van der Waals surface area contributed by atoms with Crippen molar-refractivity contribution in [1.29, 1.82) is 0 Å². The van der Waals surface area contributed by atoms with Crippen LogP contribution in [0.1, 0.15) is 16.1 Å². The molecule has 26 heavy (non-hydrogen) atoms. The number of nitrogens with zero attached hydrogens (tertiary/aromatic N) is 2. The fourth-order valence-electron chi connectivity index (χ4n) is 2.55. The minimum atomic E-state index is -0.254. The summed E-state index contributed by atoms with van der Waals surface area (Å²) in [5.41, 5.74) is 1.57. The van der Waals surface area contributed by atoms with Crippen LogP contribution in [0, 0.1) is 0 Å². The monoisotopic (exact) mass is 387 g/mol. The van der Waals surface area contributed by atoms with E-state index in [9.17, 15) is 9.90 Å². The second-order valence-electron chi connectivity index (χ2n) is 5.76. The van der Waals surface area contributed by atoms with Gasteiger partial charge < -0.3 is 15.0 Å². The zero-order valence-corrected chi connectivity index (χ0v) is 16.1. The summed E-state index contributed by atoms with van der Waals surface area (Å²) in [6.45, 7) is -0.0732. The molecule has 2 N–H and O–H groups in total. The van der Waals surface area contributed by atoms with Crippen LogP contribution in [-0.4, -0.2) is 45.2 Å². The lowest BCUT2D eigenvalue weighted by Crippen LogP contribution is -2.37. The first-order valence-corrected chi connectivity index (χ1v) is 10.5. The van der Waals surface area contributed by atoms with E-state index in [0.717, 1.165) is 22.9 Å². The van der Waals surface area contributed by atoms with Gasteiger partial charge in [-0.2, -0.15) is 11.8 Å². The Labute approximate surface area is 161 Å². The van der Waals surface area contributed by atoms with Gasteiger partial charge >= 0.3 is 0 Å². The number of aliphatic hydroxyl groups excluding tert-OH is 1. The predicted octanol–water partition coefficient (Wildman–Crippen LogP) is 3.44. The molecule has 1 aromatic carbocycles. The van der Waals surface area contributed by atoms with E-state index in [1.165, 1.54) is 11.3 Å². The Hall–Kier alpha value is -2.09. The van der Waals surface area contributed by atoms with Crippen LogP contribution in [0.15, 0.2) is 54.9 Å². The van der Waals surface area contributed by atoms with Crippen LogP contribution in [-0.2, 0) is 0 Å². The van der Waals surface area contributed by atoms with Crippen molar-refractivity contribution in [3.05, 3.63) is 59.7 Å². The average Bonchev–Trinajstić information content (AvgIpc) is 3.35. The number of rotatable bonds is 8. The maximum Gasteiger partial charge on any atom is 0.264 e. The lowest BCUT2D eigenvalue weighted by atomic mass is 10.1. The zero-order valence-electron chi connectivity index (χ0n) is 14.5. The van der Waals surface area contributed by atoms with Crippen LogP contribution < -0.4 is 5.32 Å². The third-order valence-corrected chi connectivity index (χ3v) is 5.63. The van der Waals surface area contributed by atoms with E-state index >= 15 is 0 Å². The standard InChI is InChI=1S/C19H21N3O2S2/c1-25-12-9-15(13-23)20-18(24)17-16(14-7-3-2-4-8-14)21-19(26-17)22-10-5-6-11-22/h2-8,10-11,15,23H,9,12-13H2,1H3,(H,20,24)/t15-/m1/s1. The van der Waals surface area contributed by atoms with Crippen molar-refractivity contribution in [3.63, 3.8) is 0 Å². The Balaban J connectivity index is 1.92. The fourth-order valence-corrected chi connectivity index (χ4v) is 4.03. The van der Waals surface area contributed by atoms with E-state index in [2.05, 4.69) is 5.32 Å². The van der Waals surface area contributed by atoms with Crippen LogP contribution >= 0.6 is 23.1 Å². The van der Waals surface area contributed by atoms with E-state index in [1.807, 2.05) is 65.7 Å². The molecule has 2 heterocycles. The largest absolute Gasteiger partial charge is 0.394 e. The third-order valence-electron chi connectivity index (χ3n) is 3.92. The van der Waals surface area contributed by atoms with Crippen molar-refractivity contribution in [2.24, 2.45) is 0 Å². The Morgan fingerprint density at radius 1 is 1.27 bits per heavy atom. The van der Waals surface area contributed by atoms with Gasteiger partial charge in [0.2, 0.25) is 0 Å². The third kappa shape index (κ3) is 4.35. The molecule has 1 amide bonds. The number of aromatic nitrogens is 2. The maximum absolute atomic E-state index is 12.9. The first-order valence-electron chi connectivity index (χ1n) is 8.33. The van der Waals surface area contributed by atoms with Crippen molar-refractivity contribution in [1.82, 2.24) is 14.9 Å². The van der Waals surface area contributed by atoms with E-state index in [1.54, 1.807) is 11.8 Å². The summed E-state index contributed by atoms with van der Waals surface area (Å²) in [4.78, 5) is 18.1. The molecule has 0 bridgehead atoms.